The molecule has 1 unspecified atom stereocenters. The Balaban J connectivity index is 2.77. The lowest BCUT2D eigenvalue weighted by Crippen LogP contribution is -2.35. The first-order valence-corrected chi connectivity index (χ1v) is 4.24. The normalized spacial score (nSPS) is 12.1. The highest BCUT2D eigenvalue weighted by atomic mass is 16.1. The molecule has 6 nitrogen and oxygen atoms in total. The summed E-state index contributed by atoms with van der Waals surface area (Å²) < 4.78 is 0. The molecule has 4 N–H and O–H groups in total. The van der Waals surface area contributed by atoms with Crippen molar-refractivity contribution in [3.8, 4) is 0 Å². The average Bonchev–Trinajstić information content (AvgIpc) is 2.14. The molecule has 76 valence electrons. The van der Waals surface area contributed by atoms with Gasteiger partial charge in [0.25, 0.3) is 5.56 Å². The quantitative estimate of drug-likeness (QED) is 0.601. The zero-order chi connectivity index (χ0) is 10.6. The molecule has 0 saturated carbocycles. The number of amides is 1. The van der Waals surface area contributed by atoms with Crippen LogP contribution in [0, 0.1) is 0 Å². The largest absolute Gasteiger partial charge is 0.368 e. The standard InChI is InChI=1S/C8H12N4O2/c1-2-5(8(9)14)12-6-3-7(13)11-4-10-6/h3-5H,2H2,1H3,(H2,9,14)(H2,10,11,12,13). The fraction of sp³-hybridized carbons (Fsp3) is 0.375. The second kappa shape index (κ2) is 4.40. The molecule has 1 heterocycles. The number of aromatic nitrogens is 2. The van der Waals surface area contributed by atoms with E-state index in [9.17, 15) is 9.59 Å². The van der Waals surface area contributed by atoms with Crippen LogP contribution in [0.4, 0.5) is 5.82 Å². The molecule has 1 rings (SSSR count). The third kappa shape index (κ3) is 2.58. The van der Waals surface area contributed by atoms with Gasteiger partial charge in [0, 0.05) is 6.07 Å². The SMILES string of the molecule is CCC(Nc1cc(=O)[nH]cn1)C(N)=O. The lowest BCUT2D eigenvalue weighted by molar-refractivity contribution is -0.118. The number of hydrogen-bond donors (Lipinski definition) is 3. The summed E-state index contributed by atoms with van der Waals surface area (Å²) >= 11 is 0. The summed E-state index contributed by atoms with van der Waals surface area (Å²) in [7, 11) is 0. The van der Waals surface area contributed by atoms with Crippen LogP contribution in [-0.4, -0.2) is 21.9 Å². The summed E-state index contributed by atoms with van der Waals surface area (Å²) in [6.07, 6.45) is 1.81. The van der Waals surface area contributed by atoms with Gasteiger partial charge in [0.2, 0.25) is 5.91 Å². The van der Waals surface area contributed by atoms with Gasteiger partial charge in [-0.05, 0) is 6.42 Å². The van der Waals surface area contributed by atoms with Gasteiger partial charge >= 0.3 is 0 Å². The number of nitrogens with zero attached hydrogens (tertiary/aromatic N) is 1. The van der Waals surface area contributed by atoms with Crippen LogP contribution in [0.25, 0.3) is 0 Å². The van der Waals surface area contributed by atoms with Crippen molar-refractivity contribution in [2.75, 3.05) is 5.32 Å². The van der Waals surface area contributed by atoms with Gasteiger partial charge in [-0.15, -0.1) is 0 Å². The van der Waals surface area contributed by atoms with E-state index in [1.807, 2.05) is 6.92 Å². The zero-order valence-corrected chi connectivity index (χ0v) is 7.78. The molecule has 0 aliphatic rings. The van der Waals surface area contributed by atoms with Gasteiger partial charge in [0.05, 0.1) is 6.33 Å². The number of H-pyrrole nitrogens is 1. The topological polar surface area (TPSA) is 101 Å². The Morgan fingerprint density at radius 3 is 3.00 bits per heavy atom. The first-order valence-electron chi connectivity index (χ1n) is 4.24. The molecule has 0 aliphatic heterocycles. The lowest BCUT2D eigenvalue weighted by Gasteiger charge is -2.12. The number of rotatable bonds is 4. The number of nitrogens with one attached hydrogen (secondary N) is 2. The second-order valence-corrected chi connectivity index (χ2v) is 2.80. The number of carbonyl (C=O) groups excluding carboxylic acids is 1. The van der Waals surface area contributed by atoms with Gasteiger partial charge < -0.3 is 16.0 Å². The smallest absolute Gasteiger partial charge is 0.252 e. The van der Waals surface area contributed by atoms with Gasteiger partial charge in [-0.25, -0.2) is 4.98 Å². The lowest BCUT2D eigenvalue weighted by atomic mass is 10.2. The number of hydrogen-bond acceptors (Lipinski definition) is 4. The molecule has 1 atom stereocenters. The molecular weight excluding hydrogens is 184 g/mol. The van der Waals surface area contributed by atoms with Crippen LogP contribution in [0.2, 0.25) is 0 Å². The predicted molar refractivity (Wildman–Crippen MR) is 51.8 cm³/mol. The zero-order valence-electron chi connectivity index (χ0n) is 7.78. The van der Waals surface area contributed by atoms with E-state index < -0.39 is 11.9 Å². The maximum Gasteiger partial charge on any atom is 0.252 e. The van der Waals surface area contributed by atoms with E-state index in [-0.39, 0.29) is 5.56 Å². The van der Waals surface area contributed by atoms with Crippen molar-refractivity contribution >= 4 is 11.7 Å². The molecule has 0 spiro atoms. The van der Waals surface area contributed by atoms with Gasteiger partial charge in [0.1, 0.15) is 11.9 Å². The molecule has 1 aromatic heterocycles. The highest BCUT2D eigenvalue weighted by Crippen LogP contribution is 2.01. The predicted octanol–water partition coefficient (Wildman–Crippen LogP) is -0.554. The maximum absolute atomic E-state index is 10.9. The molecule has 14 heavy (non-hydrogen) atoms. The number of carbonyl (C=O) groups is 1. The molecule has 6 heteroatoms. The number of anilines is 1. The summed E-state index contributed by atoms with van der Waals surface area (Å²) in [6, 6.07) is 0.773. The molecule has 0 saturated heterocycles. The minimum Gasteiger partial charge on any atom is -0.368 e. The van der Waals surface area contributed by atoms with Gasteiger partial charge in [0.15, 0.2) is 0 Å². The molecule has 0 aromatic carbocycles. The summed E-state index contributed by atoms with van der Waals surface area (Å²) in [5.41, 5.74) is 4.84. The van der Waals surface area contributed by atoms with E-state index in [0.29, 0.717) is 12.2 Å². The van der Waals surface area contributed by atoms with Crippen molar-refractivity contribution in [2.24, 2.45) is 5.73 Å². The fourth-order valence-corrected chi connectivity index (χ4v) is 1.00. The molecule has 0 aliphatic carbocycles. The van der Waals surface area contributed by atoms with Crippen LogP contribution in [0.3, 0.4) is 0 Å². The first-order chi connectivity index (χ1) is 6.63. The number of nitrogens with two attached hydrogens (primary N) is 1. The van der Waals surface area contributed by atoms with Crippen molar-refractivity contribution in [2.45, 2.75) is 19.4 Å². The van der Waals surface area contributed by atoms with Gasteiger partial charge in [-0.1, -0.05) is 6.92 Å². The Morgan fingerprint density at radius 2 is 2.50 bits per heavy atom. The Hall–Kier alpha value is -1.85. The summed E-state index contributed by atoms with van der Waals surface area (Å²) in [6.45, 7) is 1.82. The average molecular weight is 196 g/mol. The van der Waals surface area contributed by atoms with Crippen LogP contribution >= 0.6 is 0 Å². The van der Waals surface area contributed by atoms with Crippen LogP contribution < -0.4 is 16.6 Å². The van der Waals surface area contributed by atoms with E-state index in [1.54, 1.807) is 0 Å². The van der Waals surface area contributed by atoms with Gasteiger partial charge in [-0.3, -0.25) is 9.59 Å². The number of primary amides is 1. The number of aromatic amines is 1. The van der Waals surface area contributed by atoms with Crippen LogP contribution in [-0.2, 0) is 4.79 Å². The second-order valence-electron chi connectivity index (χ2n) is 2.80. The third-order valence-corrected chi connectivity index (χ3v) is 1.75. The molecule has 0 bridgehead atoms. The van der Waals surface area contributed by atoms with Crippen molar-refractivity contribution in [3.05, 3.63) is 22.7 Å². The first kappa shape index (κ1) is 10.2. The molecule has 1 aromatic rings. The van der Waals surface area contributed by atoms with Crippen LogP contribution in [0.15, 0.2) is 17.2 Å². The van der Waals surface area contributed by atoms with Crippen LogP contribution in [0.1, 0.15) is 13.3 Å². The summed E-state index contributed by atoms with van der Waals surface area (Å²) in [5.74, 6) is -0.117. The van der Waals surface area contributed by atoms with E-state index in [2.05, 4.69) is 15.3 Å². The van der Waals surface area contributed by atoms with Crippen molar-refractivity contribution in [1.29, 1.82) is 0 Å². The fourth-order valence-electron chi connectivity index (χ4n) is 1.00. The van der Waals surface area contributed by atoms with Crippen molar-refractivity contribution < 1.29 is 4.79 Å². The molecular formula is C8H12N4O2. The Kier molecular flexibility index (Phi) is 3.22. The molecule has 1 amide bonds. The molecule has 0 fully saturated rings. The van der Waals surface area contributed by atoms with E-state index >= 15 is 0 Å². The van der Waals surface area contributed by atoms with Crippen LogP contribution in [0.5, 0.6) is 0 Å². The minimum absolute atomic E-state index is 0.276. The summed E-state index contributed by atoms with van der Waals surface area (Å²) in [5, 5.41) is 2.76. The van der Waals surface area contributed by atoms with E-state index in [4.69, 9.17) is 5.73 Å². The maximum atomic E-state index is 10.9. The van der Waals surface area contributed by atoms with E-state index in [0.717, 1.165) is 0 Å². The van der Waals surface area contributed by atoms with Gasteiger partial charge in [-0.2, -0.15) is 0 Å². The summed E-state index contributed by atoms with van der Waals surface area (Å²) in [4.78, 5) is 27.9. The Labute approximate surface area is 80.5 Å². The van der Waals surface area contributed by atoms with Crippen molar-refractivity contribution in [3.63, 3.8) is 0 Å². The van der Waals surface area contributed by atoms with E-state index in [1.165, 1.54) is 12.4 Å². The third-order valence-electron chi connectivity index (χ3n) is 1.75. The highest BCUT2D eigenvalue weighted by molar-refractivity contribution is 5.82. The minimum atomic E-state index is -0.496. The van der Waals surface area contributed by atoms with Crippen molar-refractivity contribution in [1.82, 2.24) is 9.97 Å². The molecule has 0 radical (unpaired) electrons. The highest BCUT2D eigenvalue weighted by Gasteiger charge is 2.12. The Bertz CT molecular complexity index is 374. The Morgan fingerprint density at radius 1 is 1.79 bits per heavy atom. The monoisotopic (exact) mass is 196 g/mol.